The lowest BCUT2D eigenvalue weighted by Gasteiger charge is -2.39. The third-order valence-electron chi connectivity index (χ3n) is 8.17. The maximum absolute atomic E-state index is 12.6. The van der Waals surface area contributed by atoms with Crippen LogP contribution in [0.3, 0.4) is 0 Å². The fourth-order valence-corrected chi connectivity index (χ4v) is 6.38. The van der Waals surface area contributed by atoms with E-state index >= 15 is 0 Å². The highest BCUT2D eigenvalue weighted by Crippen LogP contribution is 2.38. The van der Waals surface area contributed by atoms with Crippen LogP contribution >= 0.6 is 0 Å². The SMILES string of the molecule is C[C@@H]([C@H](O)c1ccccc1)N(C)C[C@@H]1C[C@H](c2ccc(CO)cc2)OC(c2ccc(CNS(=O)(=O)c3ccccc3)cc2)O1. The molecule has 5 rings (SSSR count). The first kappa shape index (κ1) is 32.0. The van der Waals surface area contributed by atoms with Gasteiger partial charge >= 0.3 is 0 Å². The smallest absolute Gasteiger partial charge is 0.240 e. The number of nitrogens with one attached hydrogen (secondary N) is 1. The Labute approximate surface area is 259 Å². The minimum atomic E-state index is -3.62. The van der Waals surface area contributed by atoms with E-state index in [1.807, 2.05) is 92.8 Å². The van der Waals surface area contributed by atoms with Crippen molar-refractivity contribution in [2.75, 3.05) is 13.6 Å². The molecule has 232 valence electrons. The molecule has 0 aromatic heterocycles. The third kappa shape index (κ3) is 7.99. The number of aliphatic hydroxyl groups excluding tert-OH is 2. The summed E-state index contributed by atoms with van der Waals surface area (Å²) in [4.78, 5) is 2.33. The Bertz CT molecular complexity index is 1570. The quantitative estimate of drug-likeness (QED) is 0.199. The molecule has 3 N–H and O–H groups in total. The van der Waals surface area contributed by atoms with Gasteiger partial charge < -0.3 is 19.7 Å². The fraction of sp³-hybridized carbons (Fsp3) is 0.314. The van der Waals surface area contributed by atoms with Crippen molar-refractivity contribution >= 4 is 10.0 Å². The zero-order valence-corrected chi connectivity index (χ0v) is 25.8. The molecule has 1 aliphatic rings. The summed E-state index contributed by atoms with van der Waals surface area (Å²) in [5, 5.41) is 20.5. The molecule has 1 unspecified atom stereocenters. The highest BCUT2D eigenvalue weighted by molar-refractivity contribution is 7.89. The van der Waals surface area contributed by atoms with Gasteiger partial charge in [-0.05, 0) is 48.4 Å². The second kappa shape index (κ2) is 14.6. The topological polar surface area (TPSA) is 108 Å². The lowest BCUT2D eigenvalue weighted by atomic mass is 9.98. The summed E-state index contributed by atoms with van der Waals surface area (Å²) in [5.74, 6) is 0. The number of rotatable bonds is 12. The van der Waals surface area contributed by atoms with E-state index in [9.17, 15) is 18.6 Å². The normalized spacial score (nSPS) is 20.3. The second-order valence-corrected chi connectivity index (χ2v) is 13.0. The maximum Gasteiger partial charge on any atom is 0.240 e. The van der Waals surface area contributed by atoms with Crippen LogP contribution in [-0.4, -0.2) is 49.3 Å². The Hall–Kier alpha value is -3.41. The van der Waals surface area contributed by atoms with Gasteiger partial charge in [-0.3, -0.25) is 4.90 Å². The van der Waals surface area contributed by atoms with Gasteiger partial charge in [-0.25, -0.2) is 13.1 Å². The van der Waals surface area contributed by atoms with Gasteiger partial charge in [0.05, 0.1) is 29.8 Å². The molecule has 9 heteroatoms. The van der Waals surface area contributed by atoms with Crippen LogP contribution in [0, 0.1) is 0 Å². The Balaban J connectivity index is 1.30. The molecule has 1 heterocycles. The van der Waals surface area contributed by atoms with Crippen molar-refractivity contribution in [3.63, 3.8) is 0 Å². The number of sulfonamides is 1. The molecular weight excluding hydrogens is 576 g/mol. The van der Waals surface area contributed by atoms with E-state index in [1.165, 1.54) is 0 Å². The predicted octanol–water partition coefficient (Wildman–Crippen LogP) is 5.26. The Kier molecular flexibility index (Phi) is 10.6. The van der Waals surface area contributed by atoms with Crippen LogP contribution in [0.15, 0.2) is 114 Å². The molecule has 0 radical (unpaired) electrons. The van der Waals surface area contributed by atoms with Crippen LogP contribution in [0.25, 0.3) is 0 Å². The average Bonchev–Trinajstić information content (AvgIpc) is 3.07. The third-order valence-corrected chi connectivity index (χ3v) is 9.59. The van der Waals surface area contributed by atoms with Gasteiger partial charge in [0.15, 0.2) is 6.29 Å². The van der Waals surface area contributed by atoms with E-state index in [1.54, 1.807) is 30.3 Å². The molecule has 4 aromatic carbocycles. The number of likely N-dealkylation sites (N-methyl/N-ethyl adjacent to an activating group) is 1. The minimum Gasteiger partial charge on any atom is -0.392 e. The van der Waals surface area contributed by atoms with E-state index in [0.717, 1.165) is 27.8 Å². The van der Waals surface area contributed by atoms with Crippen molar-refractivity contribution in [1.29, 1.82) is 0 Å². The van der Waals surface area contributed by atoms with Crippen molar-refractivity contribution in [2.45, 2.75) is 62.0 Å². The van der Waals surface area contributed by atoms with Crippen LogP contribution in [0.4, 0.5) is 0 Å². The number of ether oxygens (including phenoxy) is 2. The Morgan fingerprint density at radius 2 is 1.43 bits per heavy atom. The van der Waals surface area contributed by atoms with Crippen molar-refractivity contribution in [3.8, 4) is 0 Å². The summed E-state index contributed by atoms with van der Waals surface area (Å²) in [6.45, 7) is 2.71. The number of aliphatic hydroxyl groups is 2. The van der Waals surface area contributed by atoms with E-state index in [-0.39, 0.29) is 36.3 Å². The largest absolute Gasteiger partial charge is 0.392 e. The molecule has 0 aliphatic carbocycles. The van der Waals surface area contributed by atoms with Crippen LogP contribution in [0.5, 0.6) is 0 Å². The van der Waals surface area contributed by atoms with E-state index in [4.69, 9.17) is 9.47 Å². The predicted molar refractivity (Wildman–Crippen MR) is 169 cm³/mol. The van der Waals surface area contributed by atoms with Crippen LogP contribution in [-0.2, 0) is 32.6 Å². The summed E-state index contributed by atoms with van der Waals surface area (Å²) in [6, 6.07) is 33.1. The highest BCUT2D eigenvalue weighted by atomic mass is 32.2. The first-order chi connectivity index (χ1) is 21.2. The first-order valence-corrected chi connectivity index (χ1v) is 16.3. The molecule has 0 saturated carbocycles. The summed E-state index contributed by atoms with van der Waals surface area (Å²) >= 11 is 0. The minimum absolute atomic E-state index is 0.0273. The first-order valence-electron chi connectivity index (χ1n) is 14.8. The van der Waals surface area contributed by atoms with Crippen LogP contribution < -0.4 is 4.72 Å². The molecular formula is C35H40N2O6S. The standard InChI is InChI=1S/C35H40N2O6S/c1-25(34(39)29-9-5-3-6-10-29)37(2)23-31-21-33(28-17-15-27(24-38)16-18-28)43-35(42-31)30-19-13-26(14-20-30)22-36-44(40,41)32-11-7-4-8-12-32/h3-20,25,31,33-36,38-39H,21-24H2,1-2H3/t25-,31-,33+,34-,35?/m0/s1. The molecule has 44 heavy (non-hydrogen) atoms. The van der Waals surface area contributed by atoms with Crippen LogP contribution in [0.1, 0.15) is 59.7 Å². The van der Waals surface area contributed by atoms with Crippen molar-refractivity contribution in [2.24, 2.45) is 0 Å². The van der Waals surface area contributed by atoms with E-state index < -0.39 is 22.4 Å². The number of nitrogens with zero attached hydrogens (tertiary/aromatic N) is 1. The number of benzene rings is 4. The Morgan fingerprint density at radius 1 is 0.841 bits per heavy atom. The zero-order valence-electron chi connectivity index (χ0n) is 25.0. The van der Waals surface area contributed by atoms with Gasteiger partial charge in [0.1, 0.15) is 0 Å². The molecule has 0 bridgehead atoms. The molecule has 1 fully saturated rings. The average molecular weight is 617 g/mol. The highest BCUT2D eigenvalue weighted by Gasteiger charge is 2.34. The summed E-state index contributed by atoms with van der Waals surface area (Å²) in [6.07, 6.45) is -1.11. The van der Waals surface area contributed by atoms with Gasteiger partial charge in [-0.1, -0.05) is 97.1 Å². The molecule has 1 aliphatic heterocycles. The lowest BCUT2D eigenvalue weighted by Crippen LogP contribution is -2.43. The van der Waals surface area contributed by atoms with Crippen molar-refractivity contribution < 1.29 is 28.1 Å². The number of hydrogen-bond donors (Lipinski definition) is 3. The fourth-order valence-electron chi connectivity index (χ4n) is 5.34. The monoisotopic (exact) mass is 616 g/mol. The van der Waals surface area contributed by atoms with Crippen molar-refractivity contribution in [1.82, 2.24) is 9.62 Å². The molecule has 0 spiro atoms. The maximum atomic E-state index is 12.6. The summed E-state index contributed by atoms with van der Waals surface area (Å²) in [7, 11) is -1.63. The molecule has 4 aromatic rings. The Morgan fingerprint density at radius 3 is 2.07 bits per heavy atom. The van der Waals surface area contributed by atoms with Crippen LogP contribution in [0.2, 0.25) is 0 Å². The van der Waals surface area contributed by atoms with Gasteiger partial charge in [-0.2, -0.15) is 0 Å². The molecule has 5 atom stereocenters. The molecule has 0 amide bonds. The second-order valence-electron chi connectivity index (χ2n) is 11.3. The van der Waals surface area contributed by atoms with E-state index in [0.29, 0.717) is 13.0 Å². The van der Waals surface area contributed by atoms with Crippen molar-refractivity contribution in [3.05, 3.63) is 137 Å². The van der Waals surface area contributed by atoms with Gasteiger partial charge in [0.25, 0.3) is 0 Å². The van der Waals surface area contributed by atoms with Gasteiger partial charge in [-0.15, -0.1) is 0 Å². The lowest BCUT2D eigenvalue weighted by molar-refractivity contribution is -0.253. The van der Waals surface area contributed by atoms with Gasteiger partial charge in [0, 0.05) is 31.1 Å². The zero-order chi connectivity index (χ0) is 31.1. The summed E-state index contributed by atoms with van der Waals surface area (Å²) in [5.41, 5.74) is 4.32. The number of hydrogen-bond acceptors (Lipinski definition) is 7. The van der Waals surface area contributed by atoms with E-state index in [2.05, 4.69) is 9.62 Å². The van der Waals surface area contributed by atoms with Gasteiger partial charge in [0.2, 0.25) is 10.0 Å². The molecule has 1 saturated heterocycles. The molecule has 8 nitrogen and oxygen atoms in total. The summed E-state index contributed by atoms with van der Waals surface area (Å²) < 4.78 is 40.9.